The lowest BCUT2D eigenvalue weighted by molar-refractivity contribution is 0.0985. The van der Waals surface area contributed by atoms with Gasteiger partial charge in [-0.2, -0.15) is 0 Å². The maximum absolute atomic E-state index is 13.9. The van der Waals surface area contributed by atoms with Crippen molar-refractivity contribution in [3.8, 4) is 0 Å². The van der Waals surface area contributed by atoms with Gasteiger partial charge in [0.05, 0.1) is 0 Å². The van der Waals surface area contributed by atoms with E-state index in [0.29, 0.717) is 18.0 Å². The molecule has 2 N–H and O–H groups in total. The van der Waals surface area contributed by atoms with E-state index in [1.54, 1.807) is 12.1 Å². The van der Waals surface area contributed by atoms with Gasteiger partial charge in [-0.15, -0.1) is 0 Å². The Labute approximate surface area is 107 Å². The van der Waals surface area contributed by atoms with Crippen LogP contribution in [0.4, 0.5) is 8.78 Å². The first-order chi connectivity index (χ1) is 8.50. The van der Waals surface area contributed by atoms with Crippen LogP contribution < -0.4 is 5.73 Å². The summed E-state index contributed by atoms with van der Waals surface area (Å²) >= 11 is 0. The Hall–Kier alpha value is -1.00. The molecule has 1 heterocycles. The van der Waals surface area contributed by atoms with Crippen LogP contribution in [0.2, 0.25) is 0 Å². The van der Waals surface area contributed by atoms with Crippen LogP contribution >= 0.6 is 0 Å². The molecule has 0 aliphatic carbocycles. The topological polar surface area (TPSA) is 29.3 Å². The summed E-state index contributed by atoms with van der Waals surface area (Å²) < 4.78 is 27.2. The third kappa shape index (κ3) is 2.54. The van der Waals surface area contributed by atoms with E-state index in [0.717, 1.165) is 19.0 Å². The summed E-state index contributed by atoms with van der Waals surface area (Å²) in [5.74, 6) is -1.52. The van der Waals surface area contributed by atoms with E-state index in [-0.39, 0.29) is 12.1 Å². The highest BCUT2D eigenvalue weighted by molar-refractivity contribution is 5.23. The van der Waals surface area contributed by atoms with Gasteiger partial charge < -0.3 is 5.73 Å². The smallest absolute Gasteiger partial charge is 0.163 e. The number of likely N-dealkylation sites (tertiary alicyclic amines) is 1. The maximum Gasteiger partial charge on any atom is 0.163 e. The van der Waals surface area contributed by atoms with Crippen molar-refractivity contribution in [2.75, 3.05) is 6.54 Å². The molecular weight excluding hydrogens is 234 g/mol. The SMILES string of the molecule is CC(C)N1CC[C@@H](N)C[C@H]1c1cccc(F)c1F. The van der Waals surface area contributed by atoms with Gasteiger partial charge in [0, 0.05) is 30.2 Å². The van der Waals surface area contributed by atoms with Crippen molar-refractivity contribution in [1.29, 1.82) is 0 Å². The van der Waals surface area contributed by atoms with Gasteiger partial charge in [0.15, 0.2) is 11.6 Å². The molecule has 1 aliphatic heterocycles. The van der Waals surface area contributed by atoms with Gasteiger partial charge in [0.1, 0.15) is 0 Å². The van der Waals surface area contributed by atoms with Crippen molar-refractivity contribution in [3.63, 3.8) is 0 Å². The highest BCUT2D eigenvalue weighted by atomic mass is 19.2. The van der Waals surface area contributed by atoms with Crippen LogP contribution in [0.25, 0.3) is 0 Å². The van der Waals surface area contributed by atoms with Crippen LogP contribution in [-0.2, 0) is 0 Å². The van der Waals surface area contributed by atoms with Gasteiger partial charge in [-0.1, -0.05) is 12.1 Å². The molecule has 1 fully saturated rings. The fraction of sp³-hybridized carbons (Fsp3) is 0.571. The molecule has 18 heavy (non-hydrogen) atoms. The number of rotatable bonds is 2. The molecule has 1 saturated heterocycles. The lowest BCUT2D eigenvalue weighted by Crippen LogP contribution is -2.45. The van der Waals surface area contributed by atoms with E-state index in [4.69, 9.17) is 5.73 Å². The molecule has 1 aliphatic rings. The van der Waals surface area contributed by atoms with Gasteiger partial charge in [0.2, 0.25) is 0 Å². The van der Waals surface area contributed by atoms with Gasteiger partial charge in [-0.05, 0) is 32.8 Å². The second-order valence-electron chi connectivity index (χ2n) is 5.27. The monoisotopic (exact) mass is 254 g/mol. The first-order valence-electron chi connectivity index (χ1n) is 6.46. The van der Waals surface area contributed by atoms with Crippen molar-refractivity contribution in [2.24, 2.45) is 5.73 Å². The van der Waals surface area contributed by atoms with Crippen LogP contribution in [-0.4, -0.2) is 23.5 Å². The second-order valence-corrected chi connectivity index (χ2v) is 5.27. The fourth-order valence-corrected chi connectivity index (χ4v) is 2.71. The Bertz CT molecular complexity index is 420. The van der Waals surface area contributed by atoms with Gasteiger partial charge in [0.25, 0.3) is 0 Å². The van der Waals surface area contributed by atoms with Crippen LogP contribution in [0.15, 0.2) is 18.2 Å². The largest absolute Gasteiger partial charge is 0.328 e. The molecule has 0 aromatic heterocycles. The molecule has 4 heteroatoms. The first kappa shape index (κ1) is 13.4. The zero-order valence-corrected chi connectivity index (χ0v) is 10.9. The quantitative estimate of drug-likeness (QED) is 0.879. The summed E-state index contributed by atoms with van der Waals surface area (Å²) in [6, 6.07) is 4.62. The molecule has 0 saturated carbocycles. The van der Waals surface area contributed by atoms with Gasteiger partial charge in [-0.3, -0.25) is 4.90 Å². The number of benzene rings is 1. The maximum atomic E-state index is 13.9. The number of nitrogens with zero attached hydrogens (tertiary/aromatic N) is 1. The Morgan fingerprint density at radius 3 is 2.72 bits per heavy atom. The van der Waals surface area contributed by atoms with Crippen molar-refractivity contribution < 1.29 is 8.78 Å². The fourth-order valence-electron chi connectivity index (χ4n) is 2.71. The molecule has 2 nitrogen and oxygen atoms in total. The first-order valence-corrected chi connectivity index (χ1v) is 6.46. The van der Waals surface area contributed by atoms with Crippen molar-refractivity contribution in [3.05, 3.63) is 35.4 Å². The van der Waals surface area contributed by atoms with E-state index in [9.17, 15) is 8.78 Å². The summed E-state index contributed by atoms with van der Waals surface area (Å²) in [5, 5.41) is 0. The molecule has 0 amide bonds. The van der Waals surface area contributed by atoms with Crippen LogP contribution in [0.5, 0.6) is 0 Å². The van der Waals surface area contributed by atoms with E-state index in [1.807, 2.05) is 0 Å². The minimum Gasteiger partial charge on any atom is -0.328 e. The Morgan fingerprint density at radius 2 is 2.06 bits per heavy atom. The molecule has 1 aromatic carbocycles. The van der Waals surface area contributed by atoms with Crippen LogP contribution in [0, 0.1) is 11.6 Å². The molecule has 0 unspecified atom stereocenters. The number of halogens is 2. The minimum absolute atomic E-state index is 0.0627. The predicted octanol–water partition coefficient (Wildman–Crippen LogP) is 2.84. The summed E-state index contributed by atoms with van der Waals surface area (Å²) in [7, 11) is 0. The number of hydrogen-bond acceptors (Lipinski definition) is 2. The van der Waals surface area contributed by atoms with E-state index < -0.39 is 11.6 Å². The Kier molecular flexibility index (Phi) is 3.97. The molecule has 1 aromatic rings. The van der Waals surface area contributed by atoms with Crippen molar-refractivity contribution >= 4 is 0 Å². The number of nitrogens with two attached hydrogens (primary N) is 1. The average Bonchev–Trinajstić information content (AvgIpc) is 2.32. The third-order valence-electron chi connectivity index (χ3n) is 3.69. The van der Waals surface area contributed by atoms with E-state index in [1.165, 1.54) is 0 Å². The van der Waals surface area contributed by atoms with Crippen LogP contribution in [0.1, 0.15) is 38.3 Å². The summed E-state index contributed by atoms with van der Waals surface area (Å²) in [4.78, 5) is 2.20. The number of piperidine rings is 1. The summed E-state index contributed by atoms with van der Waals surface area (Å²) in [5.41, 5.74) is 6.40. The van der Waals surface area contributed by atoms with Crippen LogP contribution in [0.3, 0.4) is 0 Å². The molecule has 0 spiro atoms. The molecular formula is C14H20F2N2. The second kappa shape index (κ2) is 5.33. The summed E-state index contributed by atoms with van der Waals surface area (Å²) in [6.45, 7) is 4.97. The number of hydrogen-bond donors (Lipinski definition) is 1. The normalized spacial score (nSPS) is 25.7. The van der Waals surface area contributed by atoms with Gasteiger partial charge >= 0.3 is 0 Å². The third-order valence-corrected chi connectivity index (χ3v) is 3.69. The van der Waals surface area contributed by atoms with Gasteiger partial charge in [-0.25, -0.2) is 8.78 Å². The summed E-state index contributed by atoms with van der Waals surface area (Å²) in [6.07, 6.45) is 1.59. The average molecular weight is 254 g/mol. The molecule has 0 radical (unpaired) electrons. The van der Waals surface area contributed by atoms with E-state index >= 15 is 0 Å². The highest BCUT2D eigenvalue weighted by Crippen LogP contribution is 2.33. The predicted molar refractivity (Wildman–Crippen MR) is 68.2 cm³/mol. The van der Waals surface area contributed by atoms with Crippen molar-refractivity contribution in [1.82, 2.24) is 4.90 Å². The lowest BCUT2D eigenvalue weighted by Gasteiger charge is -2.41. The zero-order valence-electron chi connectivity index (χ0n) is 10.9. The standard InChI is InChI=1S/C14H20F2N2/c1-9(2)18-7-6-10(17)8-13(18)11-4-3-5-12(15)14(11)16/h3-5,9-10,13H,6-8,17H2,1-2H3/t10-,13+/m1/s1. The minimum atomic E-state index is -0.782. The highest BCUT2D eigenvalue weighted by Gasteiger charge is 2.31. The molecule has 2 rings (SSSR count). The zero-order chi connectivity index (χ0) is 13.3. The lowest BCUT2D eigenvalue weighted by atomic mass is 9.91. The van der Waals surface area contributed by atoms with E-state index in [2.05, 4.69) is 18.7 Å². The van der Waals surface area contributed by atoms with Crippen molar-refractivity contribution in [2.45, 2.75) is 44.8 Å². The Morgan fingerprint density at radius 1 is 1.33 bits per heavy atom. The molecule has 100 valence electrons. The molecule has 2 atom stereocenters. The Balaban J connectivity index is 2.35. The molecule has 0 bridgehead atoms.